The summed E-state index contributed by atoms with van der Waals surface area (Å²) in [4.78, 5) is 81.6. The van der Waals surface area contributed by atoms with Crippen LogP contribution >= 0.6 is 69.3 Å². The monoisotopic (exact) mass is 1090 g/mol. The van der Waals surface area contributed by atoms with Crippen LogP contribution in [0.5, 0.6) is 0 Å². The zero-order chi connectivity index (χ0) is 50.5. The van der Waals surface area contributed by atoms with E-state index in [9.17, 15) is 44.1 Å². The minimum absolute atomic E-state index is 0. The third-order valence-electron chi connectivity index (χ3n) is 9.12. The molecule has 6 atom stereocenters. The summed E-state index contributed by atoms with van der Waals surface area (Å²) in [5.74, 6) is -9.62. The van der Waals surface area contributed by atoms with Gasteiger partial charge in [0.05, 0.1) is 86.1 Å². The maximum absolute atomic E-state index is 11.9. The summed E-state index contributed by atoms with van der Waals surface area (Å²) >= 11 is 8.60. The molecule has 6 rings (SSSR count). The van der Waals surface area contributed by atoms with Crippen LogP contribution in [0.15, 0.2) is 85.8 Å². The van der Waals surface area contributed by atoms with Crippen LogP contribution in [0.1, 0.15) is 41.5 Å². The van der Waals surface area contributed by atoms with Gasteiger partial charge in [0, 0.05) is 19.8 Å². The van der Waals surface area contributed by atoms with E-state index < -0.39 is 69.5 Å². The number of ether oxygens (including phenoxy) is 3. The Labute approximate surface area is 440 Å². The van der Waals surface area contributed by atoms with Gasteiger partial charge in [0.2, 0.25) is 17.7 Å². The Morgan fingerprint density at radius 1 is 0.486 bits per heavy atom. The van der Waals surface area contributed by atoms with Crippen molar-refractivity contribution < 1.29 is 58.3 Å². The molecule has 0 radical (unpaired) electrons. The van der Waals surface area contributed by atoms with Crippen molar-refractivity contribution in [3.8, 4) is 0 Å². The Morgan fingerprint density at radius 3 is 0.943 bits per heavy atom. The molecule has 0 saturated heterocycles. The number of rotatable bonds is 24. The van der Waals surface area contributed by atoms with Gasteiger partial charge in [0.25, 0.3) is 0 Å². The molecule has 3 amide bonds. The van der Waals surface area contributed by atoms with E-state index in [-0.39, 0.29) is 37.2 Å². The Morgan fingerprint density at radius 2 is 0.729 bits per heavy atom. The molecule has 3 heterocycles. The largest absolute Gasteiger partial charge is 3.00 e. The minimum Gasteiger partial charge on any atom is -0.549 e. The second-order valence-electron chi connectivity index (χ2n) is 14.3. The van der Waals surface area contributed by atoms with Crippen LogP contribution in [0, 0.1) is 17.8 Å². The molecule has 0 saturated carbocycles. The first kappa shape index (κ1) is 59.9. The molecule has 6 aromatic rings. The first-order valence-corrected chi connectivity index (χ1v) is 26.5. The summed E-state index contributed by atoms with van der Waals surface area (Å²) in [6, 6.07) is 23.3. The van der Waals surface area contributed by atoms with E-state index in [2.05, 4.69) is 30.9 Å². The van der Waals surface area contributed by atoms with E-state index in [1.165, 1.54) is 90.1 Å². The molecule has 3 N–H and O–H groups in total. The van der Waals surface area contributed by atoms with Crippen LogP contribution in [0.2, 0.25) is 0 Å². The van der Waals surface area contributed by atoms with Crippen LogP contribution in [-0.4, -0.2) is 124 Å². The molecule has 0 aliphatic rings. The molecule has 3 aromatic heterocycles. The third kappa shape index (κ3) is 19.7. The number of hydrogen-bond donors (Lipinski definition) is 3. The molecule has 25 heteroatoms. The molecule has 0 fully saturated rings. The number of carbonyl (C=O) groups is 6. The van der Waals surface area contributed by atoms with Crippen LogP contribution in [0.4, 0.5) is 0 Å². The van der Waals surface area contributed by atoms with E-state index in [0.717, 1.165) is 43.7 Å². The van der Waals surface area contributed by atoms with Gasteiger partial charge in [-0.15, -0.1) is 34.0 Å². The van der Waals surface area contributed by atoms with E-state index in [1.807, 2.05) is 93.6 Å². The molecule has 0 aliphatic heterocycles. The molecule has 70 heavy (non-hydrogen) atoms. The summed E-state index contributed by atoms with van der Waals surface area (Å²) < 4.78 is 21.6. The molecule has 372 valence electrons. The number of aliphatic carboxylic acids is 3. The van der Waals surface area contributed by atoms with Gasteiger partial charge in [0.1, 0.15) is 16.1 Å². The van der Waals surface area contributed by atoms with Gasteiger partial charge in [-0.25, -0.2) is 15.0 Å². The van der Waals surface area contributed by atoms with Crippen molar-refractivity contribution >= 4 is 153 Å². The molecular weight excluding hydrogens is 1040 g/mol. The van der Waals surface area contributed by atoms with Gasteiger partial charge in [-0.1, -0.05) is 71.7 Å². The Hall–Kier alpha value is -4.39. The summed E-state index contributed by atoms with van der Waals surface area (Å²) in [6.45, 7) is 11.8. The number of carboxylic acids is 3. The van der Waals surface area contributed by atoms with Crippen molar-refractivity contribution in [3.63, 3.8) is 0 Å². The second-order valence-corrected chi connectivity index (χ2v) is 21.7. The van der Waals surface area contributed by atoms with Crippen LogP contribution in [-0.2, 0) is 43.0 Å². The summed E-state index contributed by atoms with van der Waals surface area (Å²) in [6.07, 6.45) is 0. The number of thiazole rings is 3. The average molecular weight is 1090 g/mol. The molecule has 0 bridgehead atoms. The average Bonchev–Trinajstić information content (AvgIpc) is 4.07. The topological polar surface area (TPSA) is 274 Å². The first-order valence-electron chi connectivity index (χ1n) is 21.4. The van der Waals surface area contributed by atoms with E-state index in [0.29, 0.717) is 19.8 Å². The number of amides is 3. The molecule has 18 nitrogen and oxygen atoms in total. The van der Waals surface area contributed by atoms with Crippen molar-refractivity contribution in [1.82, 2.24) is 30.9 Å². The molecule has 0 aliphatic carbocycles. The Kier molecular flexibility index (Phi) is 26.7. The number of carboxylic acid groups (broad SMARTS) is 3. The van der Waals surface area contributed by atoms with Gasteiger partial charge in [-0.3, -0.25) is 14.4 Å². The minimum atomic E-state index is -1.40. The number of aromatic nitrogens is 3. The van der Waals surface area contributed by atoms with Gasteiger partial charge in [-0.05, 0) is 77.9 Å². The molecule has 0 spiro atoms. The standard InChI is InChI=1S/3C15H18N2O4S2.Al/c3*1-3-21-8-12(17-13(18)9(2)14(19)20)23-15-16-10-6-4-5-7-11(10)22-15;/h3*4-7,9,12H,3,8H2,1-2H3,(H,17,18)(H,19,20);/q;;;+3/p-3. The van der Waals surface area contributed by atoms with E-state index >= 15 is 0 Å². The Balaban J connectivity index is 0.000000276. The summed E-state index contributed by atoms with van der Waals surface area (Å²) in [7, 11) is 0. The van der Waals surface area contributed by atoms with E-state index in [4.69, 9.17) is 14.2 Å². The van der Waals surface area contributed by atoms with Crippen LogP contribution in [0.3, 0.4) is 0 Å². The van der Waals surface area contributed by atoms with Gasteiger partial charge < -0.3 is 59.9 Å². The maximum Gasteiger partial charge on any atom is 3.00 e. The van der Waals surface area contributed by atoms with Crippen molar-refractivity contribution in [2.24, 2.45) is 17.8 Å². The predicted molar refractivity (Wildman–Crippen MR) is 270 cm³/mol. The quantitative estimate of drug-likeness (QED) is 0.0339. The number of nitrogens with zero attached hydrogens (tertiary/aromatic N) is 3. The first-order chi connectivity index (χ1) is 33.0. The molecule has 3 aromatic carbocycles. The Bertz CT molecular complexity index is 2260. The zero-order valence-corrected chi connectivity index (χ0v) is 45.0. The second kappa shape index (κ2) is 31.2. The number of benzene rings is 3. The van der Waals surface area contributed by atoms with Crippen LogP contribution in [0.25, 0.3) is 30.6 Å². The maximum atomic E-state index is 11.9. The number of hydrogen-bond acceptors (Lipinski definition) is 21. The fourth-order valence-electron chi connectivity index (χ4n) is 5.23. The third-order valence-corrected chi connectivity index (χ3v) is 15.7. The van der Waals surface area contributed by atoms with Crippen molar-refractivity contribution in [3.05, 3.63) is 72.8 Å². The van der Waals surface area contributed by atoms with Gasteiger partial charge in [-0.2, -0.15) is 0 Å². The predicted octanol–water partition coefficient (Wildman–Crippen LogP) is 3.38. The number of para-hydroxylation sites is 3. The number of thioether (sulfide) groups is 3. The van der Waals surface area contributed by atoms with Gasteiger partial charge >= 0.3 is 17.4 Å². The van der Waals surface area contributed by atoms with Crippen LogP contribution < -0.4 is 31.3 Å². The summed E-state index contributed by atoms with van der Waals surface area (Å²) in [5.41, 5.74) is 2.68. The number of carbonyl (C=O) groups excluding carboxylic acids is 6. The van der Waals surface area contributed by atoms with Crippen molar-refractivity contribution in [2.75, 3.05) is 39.6 Å². The molecular formula is C45H51AlN6O12S6. The smallest absolute Gasteiger partial charge is 0.549 e. The normalized spacial score (nSPS) is 13.5. The number of fused-ring (bicyclic) bond motifs is 3. The SMILES string of the molecule is CCOCC(NC(=O)C(C)C(=O)[O-])Sc1nc2ccccc2s1.CCOCC(NC(=O)C(C)C(=O)[O-])Sc1nc2ccccc2s1.CCOCC(NC(=O)C(C)C(=O)[O-])Sc1nc2ccccc2s1.[Al+3]. The van der Waals surface area contributed by atoms with Gasteiger partial charge in [0.15, 0.2) is 13.0 Å². The zero-order valence-electron chi connectivity index (χ0n) is 38.9. The fourth-order valence-corrected chi connectivity index (χ4v) is 12.0. The number of nitrogens with one attached hydrogen (secondary N) is 3. The van der Waals surface area contributed by atoms with E-state index in [1.54, 1.807) is 0 Å². The van der Waals surface area contributed by atoms with Crippen molar-refractivity contribution in [1.29, 1.82) is 0 Å². The fraction of sp³-hybridized carbons (Fsp3) is 0.400. The summed E-state index contributed by atoms with van der Waals surface area (Å²) in [5, 5.41) is 39.2. The molecule has 6 unspecified atom stereocenters. The van der Waals surface area contributed by atoms with Crippen molar-refractivity contribution in [2.45, 2.75) is 70.7 Å².